The van der Waals surface area contributed by atoms with Gasteiger partial charge in [-0.3, -0.25) is 15.1 Å². The summed E-state index contributed by atoms with van der Waals surface area (Å²) in [4.78, 5) is 16.1. The van der Waals surface area contributed by atoms with Crippen molar-refractivity contribution in [2.45, 2.75) is 6.04 Å². The minimum Gasteiger partial charge on any atom is -0.383 e. The molecule has 0 bridgehead atoms. The molecule has 1 saturated heterocycles. The first-order valence-electron chi connectivity index (χ1n) is 5.67. The van der Waals surface area contributed by atoms with E-state index in [2.05, 4.69) is 47.5 Å². The molecule has 1 aliphatic heterocycles. The van der Waals surface area contributed by atoms with Crippen LogP contribution in [0.2, 0.25) is 0 Å². The Morgan fingerprint density at radius 1 is 1.37 bits per heavy atom. The highest BCUT2D eigenvalue weighted by atomic mass is 79.9. The van der Waals surface area contributed by atoms with Gasteiger partial charge in [-0.2, -0.15) is 0 Å². The van der Waals surface area contributed by atoms with Crippen LogP contribution in [0.1, 0.15) is 11.6 Å². The largest absolute Gasteiger partial charge is 0.383 e. The Morgan fingerprint density at radius 2 is 2.16 bits per heavy atom. The molecule has 1 atom stereocenters. The van der Waals surface area contributed by atoms with Gasteiger partial charge < -0.3 is 10.1 Å². The highest BCUT2D eigenvalue weighted by Crippen LogP contribution is 2.27. The Bertz CT molecular complexity index is 520. The number of nitrogens with zero attached hydrogens (tertiary/aromatic N) is 1. The van der Waals surface area contributed by atoms with Crippen molar-refractivity contribution in [3.8, 4) is 0 Å². The first-order chi connectivity index (χ1) is 9.11. The lowest BCUT2D eigenvalue weighted by molar-refractivity contribution is -0.120. The van der Waals surface area contributed by atoms with Gasteiger partial charge in [-0.25, -0.2) is 0 Å². The third kappa shape index (κ3) is 3.55. The van der Waals surface area contributed by atoms with Gasteiger partial charge in [-0.1, -0.05) is 6.07 Å². The molecular formula is C12H13Br2N3O2. The molecule has 2 N–H and O–H groups in total. The lowest BCUT2D eigenvalue weighted by atomic mass is 10.1. The van der Waals surface area contributed by atoms with Gasteiger partial charge in [-0.05, 0) is 49.6 Å². The number of ether oxygens (including phenoxy) is 1. The fourth-order valence-electron chi connectivity index (χ4n) is 1.69. The number of aliphatic imine (C=N–C) groups is 1. The van der Waals surface area contributed by atoms with E-state index in [1.54, 1.807) is 7.11 Å². The number of hydrogen-bond donors (Lipinski definition) is 2. The van der Waals surface area contributed by atoms with Crippen molar-refractivity contribution in [2.75, 3.05) is 20.3 Å². The van der Waals surface area contributed by atoms with E-state index < -0.39 is 6.04 Å². The van der Waals surface area contributed by atoms with Crippen LogP contribution >= 0.6 is 31.9 Å². The molecule has 1 aromatic carbocycles. The summed E-state index contributed by atoms with van der Waals surface area (Å²) in [5.74, 6) is 0.386. The predicted molar refractivity (Wildman–Crippen MR) is 80.0 cm³/mol. The minimum absolute atomic E-state index is 0.106. The monoisotopic (exact) mass is 389 g/mol. The van der Waals surface area contributed by atoms with Crippen molar-refractivity contribution in [3.05, 3.63) is 32.7 Å². The van der Waals surface area contributed by atoms with Crippen molar-refractivity contribution in [1.29, 1.82) is 0 Å². The Balaban J connectivity index is 2.11. The molecule has 19 heavy (non-hydrogen) atoms. The average molecular weight is 391 g/mol. The maximum Gasteiger partial charge on any atom is 0.253 e. The summed E-state index contributed by atoms with van der Waals surface area (Å²) in [6.07, 6.45) is 0. The van der Waals surface area contributed by atoms with E-state index in [0.29, 0.717) is 19.1 Å². The molecule has 0 aliphatic carbocycles. The maximum atomic E-state index is 11.9. The van der Waals surface area contributed by atoms with E-state index in [1.807, 2.05) is 18.2 Å². The third-order valence-corrected chi connectivity index (χ3v) is 4.51. The first-order valence-corrected chi connectivity index (χ1v) is 7.26. The van der Waals surface area contributed by atoms with Crippen molar-refractivity contribution < 1.29 is 9.53 Å². The fourth-order valence-corrected chi connectivity index (χ4v) is 2.33. The minimum atomic E-state index is -0.411. The normalized spacial score (nSPS) is 20.5. The van der Waals surface area contributed by atoms with Crippen molar-refractivity contribution >= 4 is 43.7 Å². The molecule has 0 radical (unpaired) electrons. The van der Waals surface area contributed by atoms with Crippen molar-refractivity contribution in [1.82, 2.24) is 10.6 Å². The number of nitrogens with one attached hydrogen (secondary N) is 2. The average Bonchev–Trinajstić information content (AvgIpc) is 2.74. The molecule has 1 aromatic rings. The number of amides is 1. The summed E-state index contributed by atoms with van der Waals surface area (Å²) in [6.45, 7) is 1.03. The van der Waals surface area contributed by atoms with Gasteiger partial charge in [-0.15, -0.1) is 0 Å². The Labute approximate surface area is 128 Å². The van der Waals surface area contributed by atoms with Gasteiger partial charge in [0.05, 0.1) is 13.2 Å². The van der Waals surface area contributed by atoms with E-state index in [9.17, 15) is 4.79 Å². The molecule has 7 heteroatoms. The van der Waals surface area contributed by atoms with Crippen LogP contribution in [-0.2, 0) is 9.53 Å². The summed E-state index contributed by atoms with van der Waals surface area (Å²) in [6, 6.07) is 5.28. The van der Waals surface area contributed by atoms with Crippen LogP contribution < -0.4 is 10.6 Å². The predicted octanol–water partition coefficient (Wildman–Crippen LogP) is 1.97. The highest BCUT2D eigenvalue weighted by Gasteiger charge is 2.29. The highest BCUT2D eigenvalue weighted by molar-refractivity contribution is 9.13. The topological polar surface area (TPSA) is 62.7 Å². The van der Waals surface area contributed by atoms with E-state index in [4.69, 9.17) is 4.74 Å². The maximum absolute atomic E-state index is 11.9. The Hall–Kier alpha value is -0.920. The van der Waals surface area contributed by atoms with Crippen LogP contribution in [0.5, 0.6) is 0 Å². The lowest BCUT2D eigenvalue weighted by Crippen LogP contribution is -2.26. The van der Waals surface area contributed by atoms with Crippen LogP contribution in [0, 0.1) is 0 Å². The van der Waals surface area contributed by atoms with Crippen molar-refractivity contribution in [2.24, 2.45) is 4.99 Å². The molecule has 0 saturated carbocycles. The zero-order chi connectivity index (χ0) is 13.8. The molecule has 102 valence electrons. The third-order valence-electron chi connectivity index (χ3n) is 2.63. The molecule has 0 aromatic heterocycles. The number of methoxy groups -OCH3 is 1. The van der Waals surface area contributed by atoms with Crippen LogP contribution in [0.15, 0.2) is 32.1 Å². The van der Waals surface area contributed by atoms with Crippen molar-refractivity contribution in [3.63, 3.8) is 0 Å². The number of carbonyl (C=O) groups is 1. The van der Waals surface area contributed by atoms with Gasteiger partial charge in [0.1, 0.15) is 6.04 Å². The van der Waals surface area contributed by atoms with Gasteiger partial charge in [0, 0.05) is 16.1 Å². The second-order valence-electron chi connectivity index (χ2n) is 3.96. The fraction of sp³-hybridized carbons (Fsp3) is 0.333. The lowest BCUT2D eigenvalue weighted by Gasteiger charge is -2.09. The first kappa shape index (κ1) is 14.5. The van der Waals surface area contributed by atoms with E-state index in [0.717, 1.165) is 14.5 Å². The van der Waals surface area contributed by atoms with Crippen LogP contribution in [0.25, 0.3) is 0 Å². The zero-order valence-corrected chi connectivity index (χ0v) is 13.4. The molecular weight excluding hydrogens is 378 g/mol. The molecule has 2 rings (SSSR count). The Morgan fingerprint density at radius 3 is 2.84 bits per heavy atom. The second-order valence-corrected chi connectivity index (χ2v) is 5.67. The summed E-state index contributed by atoms with van der Waals surface area (Å²) in [5.41, 5.74) is 0.879. The zero-order valence-electron chi connectivity index (χ0n) is 10.2. The molecule has 0 spiro atoms. The summed E-state index contributed by atoms with van der Waals surface area (Å²) in [5, 5.41) is 5.77. The van der Waals surface area contributed by atoms with Gasteiger partial charge in [0.25, 0.3) is 5.91 Å². The number of carbonyl (C=O) groups excluding carboxylic acids is 1. The summed E-state index contributed by atoms with van der Waals surface area (Å²) in [7, 11) is 1.61. The Kier molecular flexibility index (Phi) is 4.95. The van der Waals surface area contributed by atoms with E-state index >= 15 is 0 Å². The second kappa shape index (κ2) is 6.49. The van der Waals surface area contributed by atoms with Gasteiger partial charge in [0.15, 0.2) is 5.96 Å². The molecule has 1 heterocycles. The number of guanidine groups is 1. The molecule has 1 unspecified atom stereocenters. The quantitative estimate of drug-likeness (QED) is 0.772. The van der Waals surface area contributed by atoms with Crippen LogP contribution in [-0.4, -0.2) is 32.1 Å². The van der Waals surface area contributed by atoms with Gasteiger partial charge in [0.2, 0.25) is 0 Å². The molecule has 1 amide bonds. The van der Waals surface area contributed by atoms with Crippen LogP contribution in [0.4, 0.5) is 0 Å². The number of halogens is 2. The standard InChI is InChI=1S/C12H13Br2N3O2/c1-19-5-4-15-12-16-10(11(18)17-12)7-2-3-8(13)9(14)6-7/h2-3,6,10H,4-5H2,1H3,(H2,15,16,17,18). The van der Waals surface area contributed by atoms with Gasteiger partial charge >= 0.3 is 0 Å². The summed E-state index contributed by atoms with van der Waals surface area (Å²) < 4.78 is 6.76. The molecule has 5 nitrogen and oxygen atoms in total. The van der Waals surface area contributed by atoms with E-state index in [-0.39, 0.29) is 5.91 Å². The van der Waals surface area contributed by atoms with E-state index in [1.165, 1.54) is 0 Å². The summed E-state index contributed by atoms with van der Waals surface area (Å²) >= 11 is 6.83. The number of rotatable bonds is 4. The number of benzene rings is 1. The molecule has 1 aliphatic rings. The van der Waals surface area contributed by atoms with Crippen LogP contribution in [0.3, 0.4) is 0 Å². The smallest absolute Gasteiger partial charge is 0.253 e. The SMILES string of the molecule is COCCN=C1NC(=O)C(c2ccc(Br)c(Br)c2)N1. The molecule has 1 fully saturated rings. The number of hydrogen-bond acceptors (Lipinski definition) is 3.